The summed E-state index contributed by atoms with van der Waals surface area (Å²) in [7, 11) is 0. The minimum Gasteiger partial charge on any atom is -0.387 e. The monoisotopic (exact) mass is 290 g/mol. The fourth-order valence-corrected chi connectivity index (χ4v) is 2.35. The molecule has 0 saturated heterocycles. The van der Waals surface area contributed by atoms with Gasteiger partial charge in [0, 0.05) is 18.3 Å². The van der Waals surface area contributed by atoms with Crippen LogP contribution in [0.15, 0.2) is 0 Å². The van der Waals surface area contributed by atoms with Crippen LogP contribution in [0.2, 0.25) is 0 Å². The number of rotatable bonds is 7. The van der Waals surface area contributed by atoms with Crippen LogP contribution < -0.4 is 10.6 Å². The zero-order valence-corrected chi connectivity index (χ0v) is 14.0. The van der Waals surface area contributed by atoms with Crippen molar-refractivity contribution in [1.82, 2.24) is 10.6 Å². The number of nitrogens with one attached hydrogen (secondary N) is 2. The van der Waals surface area contributed by atoms with E-state index in [1.165, 1.54) is 0 Å². The van der Waals surface area contributed by atoms with E-state index >= 15 is 0 Å². The van der Waals surface area contributed by atoms with Gasteiger partial charge in [-0.1, -0.05) is 20.8 Å². The van der Waals surface area contributed by atoms with Crippen molar-refractivity contribution in [2.75, 3.05) is 18.6 Å². The van der Waals surface area contributed by atoms with Crippen molar-refractivity contribution in [2.45, 2.75) is 59.1 Å². The second-order valence-corrected chi connectivity index (χ2v) is 7.62. The van der Waals surface area contributed by atoms with Gasteiger partial charge in [0.05, 0.1) is 5.60 Å². The molecule has 0 bridgehead atoms. The Morgan fingerprint density at radius 1 is 1.32 bits per heavy atom. The number of carbonyl (C=O) groups is 1. The molecule has 2 atom stereocenters. The summed E-state index contributed by atoms with van der Waals surface area (Å²) < 4.78 is 0. The van der Waals surface area contributed by atoms with E-state index in [-0.39, 0.29) is 24.0 Å². The van der Waals surface area contributed by atoms with E-state index in [4.69, 9.17) is 0 Å². The van der Waals surface area contributed by atoms with Crippen LogP contribution >= 0.6 is 11.8 Å². The third-order valence-corrected chi connectivity index (χ3v) is 3.70. The second kappa shape index (κ2) is 8.00. The molecule has 0 radical (unpaired) electrons. The van der Waals surface area contributed by atoms with Gasteiger partial charge in [0.15, 0.2) is 0 Å². The molecular formula is C14H30N2O2S. The third kappa shape index (κ3) is 11.1. The van der Waals surface area contributed by atoms with Crippen molar-refractivity contribution in [1.29, 1.82) is 0 Å². The molecule has 5 heteroatoms. The number of amides is 2. The van der Waals surface area contributed by atoms with Crippen LogP contribution in [0.5, 0.6) is 0 Å². The number of hydrogen-bond donors (Lipinski definition) is 3. The van der Waals surface area contributed by atoms with E-state index in [9.17, 15) is 9.90 Å². The Kier molecular flexibility index (Phi) is 7.82. The lowest BCUT2D eigenvalue weighted by atomic mass is 9.89. The molecular weight excluding hydrogens is 260 g/mol. The Morgan fingerprint density at radius 2 is 1.89 bits per heavy atom. The molecule has 0 aliphatic carbocycles. The lowest BCUT2D eigenvalue weighted by Crippen LogP contribution is -2.48. The van der Waals surface area contributed by atoms with Crippen molar-refractivity contribution >= 4 is 17.8 Å². The quantitative estimate of drug-likeness (QED) is 0.675. The van der Waals surface area contributed by atoms with Crippen LogP contribution in [0.25, 0.3) is 0 Å². The molecule has 0 saturated carbocycles. The first-order valence-electron chi connectivity index (χ1n) is 6.81. The molecule has 3 N–H and O–H groups in total. The molecule has 0 aliphatic rings. The predicted octanol–water partition coefficient (Wildman–Crippen LogP) is 2.61. The van der Waals surface area contributed by atoms with Crippen molar-refractivity contribution in [3.8, 4) is 0 Å². The number of aliphatic hydroxyl groups is 1. The maximum atomic E-state index is 11.7. The fourth-order valence-electron chi connectivity index (χ4n) is 1.63. The van der Waals surface area contributed by atoms with Crippen LogP contribution in [-0.2, 0) is 0 Å². The summed E-state index contributed by atoms with van der Waals surface area (Å²) in [5.74, 6) is 0.604. The maximum Gasteiger partial charge on any atom is 0.315 e. The molecule has 2 unspecified atom stereocenters. The highest BCUT2D eigenvalue weighted by molar-refractivity contribution is 7.98. The molecule has 0 aliphatic heterocycles. The van der Waals surface area contributed by atoms with E-state index in [2.05, 4.69) is 31.4 Å². The van der Waals surface area contributed by atoms with Gasteiger partial charge < -0.3 is 15.7 Å². The lowest BCUT2D eigenvalue weighted by Gasteiger charge is -2.24. The van der Waals surface area contributed by atoms with E-state index in [1.807, 2.05) is 13.2 Å². The highest BCUT2D eigenvalue weighted by Gasteiger charge is 2.21. The topological polar surface area (TPSA) is 61.4 Å². The van der Waals surface area contributed by atoms with Gasteiger partial charge in [-0.15, -0.1) is 0 Å². The third-order valence-electron chi connectivity index (χ3n) is 2.79. The van der Waals surface area contributed by atoms with Gasteiger partial charge in [0.25, 0.3) is 0 Å². The summed E-state index contributed by atoms with van der Waals surface area (Å²) >= 11 is 1.56. The van der Waals surface area contributed by atoms with E-state index in [0.29, 0.717) is 5.75 Å². The smallest absolute Gasteiger partial charge is 0.315 e. The Balaban J connectivity index is 3.91. The van der Waals surface area contributed by atoms with Gasteiger partial charge in [-0.25, -0.2) is 4.79 Å². The molecule has 0 spiro atoms. The van der Waals surface area contributed by atoms with E-state index in [1.54, 1.807) is 18.7 Å². The molecule has 19 heavy (non-hydrogen) atoms. The van der Waals surface area contributed by atoms with Crippen LogP contribution in [0, 0.1) is 5.41 Å². The molecule has 0 fully saturated rings. The van der Waals surface area contributed by atoms with E-state index < -0.39 is 5.60 Å². The van der Waals surface area contributed by atoms with Crippen LogP contribution in [0.4, 0.5) is 4.79 Å². The van der Waals surface area contributed by atoms with Crippen molar-refractivity contribution in [2.24, 2.45) is 5.41 Å². The molecule has 0 heterocycles. The summed E-state index contributed by atoms with van der Waals surface area (Å²) in [6.07, 6.45) is 3.96. The summed E-state index contributed by atoms with van der Waals surface area (Å²) in [6.45, 7) is 10.6. The molecule has 114 valence electrons. The van der Waals surface area contributed by atoms with Crippen LogP contribution in [0.3, 0.4) is 0 Å². The SMILES string of the molecule is CSCC(C)(O)CNC(=O)NC(C)CCC(C)(C)C. The molecule has 0 aromatic heterocycles. The highest BCUT2D eigenvalue weighted by Crippen LogP contribution is 2.21. The summed E-state index contributed by atoms with van der Waals surface area (Å²) in [5.41, 5.74) is -0.570. The number of hydrogen-bond acceptors (Lipinski definition) is 3. The summed E-state index contributed by atoms with van der Waals surface area (Å²) in [4.78, 5) is 11.7. The Morgan fingerprint density at radius 3 is 2.37 bits per heavy atom. The minimum absolute atomic E-state index is 0.143. The fraction of sp³-hybridized carbons (Fsp3) is 0.929. The van der Waals surface area contributed by atoms with Crippen molar-refractivity contribution in [3.05, 3.63) is 0 Å². The van der Waals surface area contributed by atoms with Gasteiger partial charge >= 0.3 is 6.03 Å². The largest absolute Gasteiger partial charge is 0.387 e. The first kappa shape index (κ1) is 18.6. The van der Waals surface area contributed by atoms with Crippen LogP contribution in [0.1, 0.15) is 47.5 Å². The Labute approximate surface area is 122 Å². The Bertz CT molecular complexity index is 275. The lowest BCUT2D eigenvalue weighted by molar-refractivity contribution is 0.0868. The summed E-state index contributed by atoms with van der Waals surface area (Å²) in [5, 5.41) is 15.6. The first-order chi connectivity index (χ1) is 8.56. The molecule has 0 rings (SSSR count). The summed E-state index contributed by atoms with van der Waals surface area (Å²) in [6, 6.07) is -0.0625. The van der Waals surface area contributed by atoms with E-state index in [0.717, 1.165) is 12.8 Å². The minimum atomic E-state index is -0.856. The highest BCUT2D eigenvalue weighted by atomic mass is 32.2. The van der Waals surface area contributed by atoms with Gasteiger partial charge in [-0.3, -0.25) is 0 Å². The number of carbonyl (C=O) groups excluding carboxylic acids is 1. The van der Waals surface area contributed by atoms with Crippen molar-refractivity contribution in [3.63, 3.8) is 0 Å². The van der Waals surface area contributed by atoms with Crippen LogP contribution in [-0.4, -0.2) is 41.3 Å². The molecule has 2 amide bonds. The van der Waals surface area contributed by atoms with Gasteiger partial charge in [-0.2, -0.15) is 11.8 Å². The molecule has 4 nitrogen and oxygen atoms in total. The average Bonchev–Trinajstić information content (AvgIpc) is 2.23. The Hall–Kier alpha value is -0.420. The number of urea groups is 1. The zero-order chi connectivity index (χ0) is 15.1. The van der Waals surface area contributed by atoms with Gasteiger partial charge in [-0.05, 0) is 38.4 Å². The molecule has 0 aromatic carbocycles. The first-order valence-corrected chi connectivity index (χ1v) is 8.21. The second-order valence-electron chi connectivity index (χ2n) is 6.76. The maximum absolute atomic E-state index is 11.7. The van der Waals surface area contributed by atoms with Gasteiger partial charge in [0.1, 0.15) is 0 Å². The number of thioether (sulfide) groups is 1. The zero-order valence-electron chi connectivity index (χ0n) is 13.2. The normalized spacial score (nSPS) is 16.6. The predicted molar refractivity (Wildman–Crippen MR) is 83.7 cm³/mol. The standard InChI is InChI=1S/C14H30N2O2S/c1-11(7-8-13(2,3)4)16-12(17)15-9-14(5,18)10-19-6/h11,18H,7-10H2,1-6H3,(H2,15,16,17). The van der Waals surface area contributed by atoms with Gasteiger partial charge in [0.2, 0.25) is 0 Å². The van der Waals surface area contributed by atoms with Crippen molar-refractivity contribution < 1.29 is 9.90 Å². The average molecular weight is 290 g/mol. The molecule has 0 aromatic rings.